The van der Waals surface area contributed by atoms with E-state index >= 15 is 0 Å². The molecule has 3 rings (SSSR count). The van der Waals surface area contributed by atoms with Crippen molar-refractivity contribution in [3.8, 4) is 0 Å². The Labute approximate surface area is 144 Å². The van der Waals surface area contributed by atoms with Gasteiger partial charge in [-0.1, -0.05) is 42.5 Å². The first kappa shape index (κ1) is 17.8. The number of rotatable bonds is 3. The van der Waals surface area contributed by atoms with E-state index in [9.17, 15) is 25.2 Å². The van der Waals surface area contributed by atoms with Gasteiger partial charge in [0.15, 0.2) is 0 Å². The van der Waals surface area contributed by atoms with Gasteiger partial charge in [0.05, 0.1) is 6.61 Å². The van der Waals surface area contributed by atoms with Crippen LogP contribution in [0.15, 0.2) is 42.5 Å². The predicted molar refractivity (Wildman–Crippen MR) is 89.4 cm³/mol. The largest absolute Gasteiger partial charge is 0.394 e. The standard InChI is InChI=1S/C18H21NO6/c1-10(21)19-17-16(23)15(22)14(9-20)25-18(17,24)13-8-4-6-11-5-2-3-7-12(11)13/h2-8,14-17,20,22-24H,9H2,1H3,(H,19,21)/t14-,15-,16+,17-,18-/m1/s1. The first-order chi connectivity index (χ1) is 11.9. The molecular formula is C18H21NO6. The molecule has 5 N–H and O–H groups in total. The molecule has 1 amide bonds. The van der Waals surface area contributed by atoms with Crippen molar-refractivity contribution in [1.82, 2.24) is 5.32 Å². The number of hydrogen-bond acceptors (Lipinski definition) is 6. The van der Waals surface area contributed by atoms with Crippen molar-refractivity contribution in [3.63, 3.8) is 0 Å². The molecule has 0 saturated carbocycles. The Morgan fingerprint density at radius 3 is 2.52 bits per heavy atom. The van der Waals surface area contributed by atoms with Crippen LogP contribution < -0.4 is 5.32 Å². The summed E-state index contributed by atoms with van der Waals surface area (Å²) in [5.41, 5.74) is 0.328. The fourth-order valence-corrected chi connectivity index (χ4v) is 3.34. The molecule has 1 heterocycles. The first-order valence-corrected chi connectivity index (χ1v) is 8.01. The van der Waals surface area contributed by atoms with E-state index in [1.54, 1.807) is 24.3 Å². The highest BCUT2D eigenvalue weighted by Crippen LogP contribution is 2.39. The van der Waals surface area contributed by atoms with E-state index in [0.29, 0.717) is 10.9 Å². The maximum Gasteiger partial charge on any atom is 0.217 e. The van der Waals surface area contributed by atoms with E-state index < -0.39 is 42.7 Å². The lowest BCUT2D eigenvalue weighted by molar-refractivity contribution is -0.326. The summed E-state index contributed by atoms with van der Waals surface area (Å²) in [6.07, 6.45) is -4.19. The number of carbonyl (C=O) groups excluding carboxylic acids is 1. The fourth-order valence-electron chi connectivity index (χ4n) is 3.34. The molecule has 0 radical (unpaired) electrons. The highest BCUT2D eigenvalue weighted by molar-refractivity contribution is 5.86. The average Bonchev–Trinajstić information content (AvgIpc) is 2.61. The zero-order chi connectivity index (χ0) is 18.2. The van der Waals surface area contributed by atoms with Crippen LogP contribution >= 0.6 is 0 Å². The number of carbonyl (C=O) groups is 1. The van der Waals surface area contributed by atoms with Gasteiger partial charge >= 0.3 is 0 Å². The van der Waals surface area contributed by atoms with E-state index in [1.807, 2.05) is 18.2 Å². The van der Waals surface area contributed by atoms with Crippen LogP contribution in [0.5, 0.6) is 0 Å². The molecule has 25 heavy (non-hydrogen) atoms. The molecule has 0 spiro atoms. The summed E-state index contributed by atoms with van der Waals surface area (Å²) in [5, 5.41) is 45.3. The zero-order valence-corrected chi connectivity index (χ0v) is 13.7. The van der Waals surface area contributed by atoms with Gasteiger partial charge in [-0.2, -0.15) is 0 Å². The van der Waals surface area contributed by atoms with Gasteiger partial charge < -0.3 is 30.5 Å². The topological polar surface area (TPSA) is 119 Å². The Bertz CT molecular complexity index is 776. The summed E-state index contributed by atoms with van der Waals surface area (Å²) in [5.74, 6) is -2.63. The molecule has 1 aliphatic heterocycles. The van der Waals surface area contributed by atoms with Crippen LogP contribution in [0.1, 0.15) is 12.5 Å². The number of hydrogen-bond donors (Lipinski definition) is 5. The maximum atomic E-state index is 11.6. The molecular weight excluding hydrogens is 326 g/mol. The minimum atomic E-state index is -2.13. The third-order valence-electron chi connectivity index (χ3n) is 4.54. The van der Waals surface area contributed by atoms with Crippen LogP contribution in [0.4, 0.5) is 0 Å². The Kier molecular flexibility index (Phi) is 4.77. The van der Waals surface area contributed by atoms with E-state index in [4.69, 9.17) is 4.74 Å². The smallest absolute Gasteiger partial charge is 0.217 e. The summed E-state index contributed by atoms with van der Waals surface area (Å²) in [7, 11) is 0. The van der Waals surface area contributed by atoms with Crippen molar-refractivity contribution in [2.45, 2.75) is 37.1 Å². The molecule has 0 aromatic heterocycles. The average molecular weight is 347 g/mol. The van der Waals surface area contributed by atoms with Gasteiger partial charge in [-0.25, -0.2) is 0 Å². The number of amides is 1. The van der Waals surface area contributed by atoms with E-state index in [2.05, 4.69) is 5.32 Å². The molecule has 7 heteroatoms. The lowest BCUT2D eigenvalue weighted by Crippen LogP contribution is -2.68. The third-order valence-corrected chi connectivity index (χ3v) is 4.54. The normalized spacial score (nSPS) is 32.5. The molecule has 5 atom stereocenters. The van der Waals surface area contributed by atoms with Gasteiger partial charge in [-0.15, -0.1) is 0 Å². The molecule has 1 fully saturated rings. The lowest BCUT2D eigenvalue weighted by atomic mass is 9.84. The van der Waals surface area contributed by atoms with Crippen molar-refractivity contribution < 1.29 is 30.0 Å². The summed E-state index contributed by atoms with van der Waals surface area (Å²) in [6, 6.07) is 11.2. The molecule has 0 bridgehead atoms. The quantitative estimate of drug-likeness (QED) is 0.516. The number of nitrogens with one attached hydrogen (secondary N) is 1. The van der Waals surface area contributed by atoms with Crippen molar-refractivity contribution in [3.05, 3.63) is 48.0 Å². The van der Waals surface area contributed by atoms with Crippen LogP contribution in [0.25, 0.3) is 10.8 Å². The third kappa shape index (κ3) is 3.01. The Balaban J connectivity index is 2.17. The maximum absolute atomic E-state index is 11.6. The van der Waals surface area contributed by atoms with Gasteiger partial charge in [0, 0.05) is 12.5 Å². The number of ether oxygens (including phenoxy) is 1. The van der Waals surface area contributed by atoms with Crippen molar-refractivity contribution in [2.24, 2.45) is 0 Å². The summed E-state index contributed by atoms with van der Waals surface area (Å²) >= 11 is 0. The van der Waals surface area contributed by atoms with Crippen LogP contribution in [0, 0.1) is 0 Å². The number of aliphatic hydroxyl groups is 4. The van der Waals surface area contributed by atoms with Crippen molar-refractivity contribution >= 4 is 16.7 Å². The van der Waals surface area contributed by atoms with Crippen molar-refractivity contribution in [2.75, 3.05) is 6.61 Å². The highest BCUT2D eigenvalue weighted by atomic mass is 16.6. The predicted octanol–water partition coefficient (Wildman–Crippen LogP) is -0.397. The summed E-state index contributed by atoms with van der Waals surface area (Å²) in [6.45, 7) is 0.638. The Hall–Kier alpha value is -2.03. The number of fused-ring (bicyclic) bond motifs is 1. The van der Waals surface area contributed by atoms with Crippen LogP contribution in [-0.4, -0.2) is 57.3 Å². The van der Waals surface area contributed by atoms with Gasteiger partial charge in [-0.05, 0) is 10.8 Å². The molecule has 134 valence electrons. The fraction of sp³-hybridized carbons (Fsp3) is 0.389. The van der Waals surface area contributed by atoms with E-state index in [0.717, 1.165) is 5.39 Å². The number of benzene rings is 2. The van der Waals surface area contributed by atoms with Crippen LogP contribution in [-0.2, 0) is 15.3 Å². The molecule has 2 aromatic carbocycles. The van der Waals surface area contributed by atoms with Gasteiger partial charge in [-0.3, -0.25) is 4.79 Å². The van der Waals surface area contributed by atoms with Gasteiger partial charge in [0.2, 0.25) is 11.7 Å². The molecule has 2 aromatic rings. The van der Waals surface area contributed by atoms with Crippen molar-refractivity contribution in [1.29, 1.82) is 0 Å². The molecule has 0 unspecified atom stereocenters. The Morgan fingerprint density at radius 1 is 1.16 bits per heavy atom. The second-order valence-electron chi connectivity index (χ2n) is 6.22. The minimum Gasteiger partial charge on any atom is -0.394 e. The molecule has 1 aliphatic rings. The molecule has 7 nitrogen and oxygen atoms in total. The first-order valence-electron chi connectivity index (χ1n) is 8.01. The molecule has 0 aliphatic carbocycles. The van der Waals surface area contributed by atoms with Crippen LogP contribution in [0.3, 0.4) is 0 Å². The second kappa shape index (κ2) is 6.70. The minimum absolute atomic E-state index is 0.328. The number of aliphatic hydroxyl groups excluding tert-OH is 3. The monoisotopic (exact) mass is 347 g/mol. The van der Waals surface area contributed by atoms with Gasteiger partial charge in [0.1, 0.15) is 24.4 Å². The second-order valence-corrected chi connectivity index (χ2v) is 6.22. The van der Waals surface area contributed by atoms with Crippen LogP contribution in [0.2, 0.25) is 0 Å². The van der Waals surface area contributed by atoms with E-state index in [-0.39, 0.29) is 0 Å². The Morgan fingerprint density at radius 2 is 1.84 bits per heavy atom. The van der Waals surface area contributed by atoms with E-state index in [1.165, 1.54) is 6.92 Å². The van der Waals surface area contributed by atoms with Gasteiger partial charge in [0.25, 0.3) is 0 Å². The SMILES string of the molecule is CC(=O)N[C@@H]1[C@@H](O)[C@H](O)[C@@H](CO)O[C@]1(O)c1cccc2ccccc12. The highest BCUT2D eigenvalue weighted by Gasteiger charge is 2.55. The zero-order valence-electron chi connectivity index (χ0n) is 13.7. The lowest BCUT2D eigenvalue weighted by Gasteiger charge is -2.48. The summed E-state index contributed by atoms with van der Waals surface area (Å²) < 4.78 is 5.59. The summed E-state index contributed by atoms with van der Waals surface area (Å²) in [4.78, 5) is 11.6. The molecule has 1 saturated heterocycles.